The van der Waals surface area contributed by atoms with Gasteiger partial charge in [0.15, 0.2) is 0 Å². The van der Waals surface area contributed by atoms with Crippen LogP contribution in [-0.4, -0.2) is 11.1 Å². The van der Waals surface area contributed by atoms with Gasteiger partial charge in [0.25, 0.3) is 0 Å². The van der Waals surface area contributed by atoms with E-state index < -0.39 is 5.97 Å². The summed E-state index contributed by atoms with van der Waals surface area (Å²) >= 11 is 0. The Bertz CT molecular complexity index is 105. The Hall–Kier alpha value is -1.05. The summed E-state index contributed by atoms with van der Waals surface area (Å²) in [5.74, 6) is -0.900. The molecule has 0 aliphatic carbocycles. The molecule has 0 aromatic carbocycles. The maximum Gasteiger partial charge on any atom is 0.330 e. The fraction of sp³-hybridized carbons (Fsp3) is 0.286. The monoisotopic (exact) mass is 128 g/mol. The Kier molecular flexibility index (Phi) is 8.38. The van der Waals surface area contributed by atoms with Crippen molar-refractivity contribution in [1.29, 1.82) is 0 Å². The molecular weight excluding hydrogens is 116 g/mol. The zero-order valence-corrected chi connectivity index (χ0v) is 5.68. The number of carbonyl (C=O) groups is 1. The van der Waals surface area contributed by atoms with Crippen LogP contribution in [0.15, 0.2) is 25.3 Å². The van der Waals surface area contributed by atoms with E-state index in [0.29, 0.717) is 6.42 Å². The van der Waals surface area contributed by atoms with Gasteiger partial charge in [0.1, 0.15) is 0 Å². The molecule has 0 amide bonds. The molecule has 2 nitrogen and oxygen atoms in total. The molecule has 0 heterocycles. The van der Waals surface area contributed by atoms with Gasteiger partial charge in [-0.15, -0.1) is 13.2 Å². The van der Waals surface area contributed by atoms with Crippen LogP contribution < -0.4 is 0 Å². The first kappa shape index (κ1) is 10.8. The third kappa shape index (κ3) is 6.95. The molecule has 0 rings (SSSR count). The van der Waals surface area contributed by atoms with Crippen molar-refractivity contribution >= 4 is 5.97 Å². The summed E-state index contributed by atoms with van der Waals surface area (Å²) in [5.41, 5.74) is 0.264. The predicted molar refractivity (Wildman–Crippen MR) is 38.3 cm³/mol. The van der Waals surface area contributed by atoms with Crippen molar-refractivity contribution in [3.63, 3.8) is 0 Å². The summed E-state index contributed by atoms with van der Waals surface area (Å²) in [6.07, 6.45) is 0.523. The van der Waals surface area contributed by atoms with E-state index in [4.69, 9.17) is 5.11 Å². The minimum absolute atomic E-state index is 0.264. The van der Waals surface area contributed by atoms with E-state index in [-0.39, 0.29) is 5.57 Å². The van der Waals surface area contributed by atoms with E-state index in [9.17, 15) is 4.79 Å². The maximum atomic E-state index is 9.83. The molecular formula is C7H12O2. The summed E-state index contributed by atoms with van der Waals surface area (Å²) in [7, 11) is 0. The van der Waals surface area contributed by atoms with E-state index in [1.165, 1.54) is 0 Å². The standard InChI is InChI=1S/C5H8O2.C2H4/c1-3-4(2)5(6)7;1-2/h2-3H2,1H3,(H,6,7);1-2H2. The first-order chi connectivity index (χ1) is 4.18. The number of aliphatic carboxylic acids is 1. The van der Waals surface area contributed by atoms with Crippen molar-refractivity contribution in [2.75, 3.05) is 0 Å². The molecule has 0 atom stereocenters. The van der Waals surface area contributed by atoms with Crippen LogP contribution >= 0.6 is 0 Å². The van der Waals surface area contributed by atoms with Crippen molar-refractivity contribution in [3.8, 4) is 0 Å². The Balaban J connectivity index is 0. The van der Waals surface area contributed by atoms with Crippen molar-refractivity contribution in [2.24, 2.45) is 0 Å². The van der Waals surface area contributed by atoms with Crippen molar-refractivity contribution in [1.82, 2.24) is 0 Å². The van der Waals surface area contributed by atoms with Crippen LogP contribution in [0.25, 0.3) is 0 Å². The Morgan fingerprint density at radius 1 is 1.56 bits per heavy atom. The summed E-state index contributed by atoms with van der Waals surface area (Å²) in [6, 6.07) is 0. The molecule has 0 aliphatic heterocycles. The average Bonchev–Trinajstić information content (AvgIpc) is 1.91. The van der Waals surface area contributed by atoms with Gasteiger partial charge in [-0.2, -0.15) is 0 Å². The van der Waals surface area contributed by atoms with Gasteiger partial charge < -0.3 is 5.11 Å². The number of rotatable bonds is 2. The first-order valence-corrected chi connectivity index (χ1v) is 2.59. The average molecular weight is 128 g/mol. The molecule has 52 valence electrons. The molecule has 2 heteroatoms. The Labute approximate surface area is 55.5 Å². The molecule has 0 aliphatic rings. The molecule has 0 saturated carbocycles. The largest absolute Gasteiger partial charge is 0.478 e. The highest BCUT2D eigenvalue weighted by Crippen LogP contribution is 1.93. The van der Waals surface area contributed by atoms with Crippen LogP contribution in [0.4, 0.5) is 0 Å². The Morgan fingerprint density at radius 2 is 1.89 bits per heavy atom. The quantitative estimate of drug-likeness (QED) is 0.455. The maximum absolute atomic E-state index is 9.83. The fourth-order valence-corrected chi connectivity index (χ4v) is 0.151. The van der Waals surface area contributed by atoms with E-state index >= 15 is 0 Å². The lowest BCUT2D eigenvalue weighted by molar-refractivity contribution is -0.132. The first-order valence-electron chi connectivity index (χ1n) is 2.59. The molecule has 1 N–H and O–H groups in total. The third-order valence-electron chi connectivity index (χ3n) is 0.729. The zero-order chi connectivity index (χ0) is 7.86. The van der Waals surface area contributed by atoms with Gasteiger partial charge in [0.05, 0.1) is 0 Å². The van der Waals surface area contributed by atoms with Crippen molar-refractivity contribution in [2.45, 2.75) is 13.3 Å². The van der Waals surface area contributed by atoms with E-state index in [0.717, 1.165) is 0 Å². The molecule has 9 heavy (non-hydrogen) atoms. The highest BCUT2D eigenvalue weighted by molar-refractivity contribution is 5.85. The highest BCUT2D eigenvalue weighted by Gasteiger charge is 1.96. The fourth-order valence-electron chi connectivity index (χ4n) is 0.151. The van der Waals surface area contributed by atoms with Gasteiger partial charge >= 0.3 is 5.97 Å². The predicted octanol–water partition coefficient (Wildman–Crippen LogP) is 1.84. The third-order valence-corrected chi connectivity index (χ3v) is 0.729. The van der Waals surface area contributed by atoms with Gasteiger partial charge in [0, 0.05) is 5.57 Å². The van der Waals surface area contributed by atoms with Gasteiger partial charge in [-0.05, 0) is 6.42 Å². The molecule has 0 bridgehead atoms. The second-order valence-electron chi connectivity index (χ2n) is 1.26. The minimum atomic E-state index is -0.900. The second-order valence-corrected chi connectivity index (χ2v) is 1.26. The molecule has 0 saturated heterocycles. The SMILES string of the molecule is C=C.C=C(CC)C(=O)O. The van der Waals surface area contributed by atoms with Crippen LogP contribution in [0.2, 0.25) is 0 Å². The van der Waals surface area contributed by atoms with Crippen LogP contribution in [0.1, 0.15) is 13.3 Å². The lowest BCUT2D eigenvalue weighted by Gasteiger charge is -1.87. The van der Waals surface area contributed by atoms with Gasteiger partial charge in [-0.1, -0.05) is 13.5 Å². The smallest absolute Gasteiger partial charge is 0.330 e. The molecule has 0 aromatic rings. The van der Waals surface area contributed by atoms with E-state index in [1.54, 1.807) is 6.92 Å². The van der Waals surface area contributed by atoms with Crippen molar-refractivity contribution in [3.05, 3.63) is 25.3 Å². The second kappa shape index (κ2) is 6.95. The minimum Gasteiger partial charge on any atom is -0.478 e. The lowest BCUT2D eigenvalue weighted by atomic mass is 10.2. The van der Waals surface area contributed by atoms with Crippen LogP contribution in [0, 0.1) is 0 Å². The van der Waals surface area contributed by atoms with Crippen LogP contribution in [0.5, 0.6) is 0 Å². The van der Waals surface area contributed by atoms with Crippen LogP contribution in [0.3, 0.4) is 0 Å². The Morgan fingerprint density at radius 3 is 1.89 bits per heavy atom. The molecule has 0 unspecified atom stereocenters. The lowest BCUT2D eigenvalue weighted by Crippen LogP contribution is -1.95. The van der Waals surface area contributed by atoms with Gasteiger partial charge in [0.2, 0.25) is 0 Å². The molecule has 0 spiro atoms. The van der Waals surface area contributed by atoms with Crippen LogP contribution in [-0.2, 0) is 4.79 Å². The molecule has 0 fully saturated rings. The van der Waals surface area contributed by atoms with Gasteiger partial charge in [-0.25, -0.2) is 4.79 Å². The highest BCUT2D eigenvalue weighted by atomic mass is 16.4. The zero-order valence-electron chi connectivity index (χ0n) is 5.68. The number of carboxylic acid groups (broad SMARTS) is 1. The summed E-state index contributed by atoms with van der Waals surface area (Å²) in [6.45, 7) is 11.0. The number of hydrogen-bond acceptors (Lipinski definition) is 1. The van der Waals surface area contributed by atoms with E-state index in [1.807, 2.05) is 0 Å². The molecule has 0 aromatic heterocycles. The molecule has 0 radical (unpaired) electrons. The summed E-state index contributed by atoms with van der Waals surface area (Å²) in [5, 5.41) is 8.08. The van der Waals surface area contributed by atoms with Crippen molar-refractivity contribution < 1.29 is 9.90 Å². The topological polar surface area (TPSA) is 37.3 Å². The number of hydrogen-bond donors (Lipinski definition) is 1. The van der Waals surface area contributed by atoms with Gasteiger partial charge in [-0.3, -0.25) is 0 Å². The summed E-state index contributed by atoms with van der Waals surface area (Å²) < 4.78 is 0. The van der Waals surface area contributed by atoms with E-state index in [2.05, 4.69) is 19.7 Å². The number of carboxylic acids is 1. The summed E-state index contributed by atoms with van der Waals surface area (Å²) in [4.78, 5) is 9.83. The normalized spacial score (nSPS) is 6.78.